The predicted octanol–water partition coefficient (Wildman–Crippen LogP) is 2.28. The lowest BCUT2D eigenvalue weighted by Crippen LogP contribution is -2.40. The van der Waals surface area contributed by atoms with Crippen molar-refractivity contribution in [1.29, 1.82) is 0 Å². The van der Waals surface area contributed by atoms with E-state index in [0.29, 0.717) is 24.1 Å². The van der Waals surface area contributed by atoms with Crippen LogP contribution in [0.5, 0.6) is 0 Å². The highest BCUT2D eigenvalue weighted by Gasteiger charge is 2.34. The number of hydrogen-bond donors (Lipinski definition) is 1. The summed E-state index contributed by atoms with van der Waals surface area (Å²) in [5.41, 5.74) is 1.00. The Balaban J connectivity index is 2.19. The third-order valence-corrected chi connectivity index (χ3v) is 3.57. The summed E-state index contributed by atoms with van der Waals surface area (Å²) in [5, 5.41) is 3.32. The molecule has 0 aromatic carbocycles. The number of carbonyl (C=O) groups is 1. The first-order valence-electron chi connectivity index (χ1n) is 6.19. The van der Waals surface area contributed by atoms with Gasteiger partial charge in [0, 0.05) is 18.7 Å². The van der Waals surface area contributed by atoms with Crippen molar-refractivity contribution in [2.75, 3.05) is 19.7 Å². The summed E-state index contributed by atoms with van der Waals surface area (Å²) in [5.74, 6) is -0.283. The molecule has 0 aromatic heterocycles. The van der Waals surface area contributed by atoms with Gasteiger partial charge in [0.25, 0.3) is 0 Å². The van der Waals surface area contributed by atoms with Crippen LogP contribution in [-0.2, 0) is 9.53 Å². The average Bonchev–Trinajstić information content (AvgIpc) is 2.22. The van der Waals surface area contributed by atoms with E-state index in [1.165, 1.54) is 25.7 Å². The summed E-state index contributed by atoms with van der Waals surface area (Å²) in [4.78, 5) is 11.3. The predicted molar refractivity (Wildman–Crippen MR) is 65.2 cm³/mol. The first-order chi connectivity index (χ1) is 7.63. The van der Waals surface area contributed by atoms with E-state index in [2.05, 4.69) is 18.8 Å². The third-order valence-electron chi connectivity index (χ3n) is 3.57. The summed E-state index contributed by atoms with van der Waals surface area (Å²) < 4.78 is 4.87. The molecule has 0 aliphatic heterocycles. The van der Waals surface area contributed by atoms with Gasteiger partial charge in [0.1, 0.15) is 0 Å². The Morgan fingerprint density at radius 3 is 2.56 bits per heavy atom. The van der Waals surface area contributed by atoms with Gasteiger partial charge in [0.2, 0.25) is 0 Å². The summed E-state index contributed by atoms with van der Waals surface area (Å²) in [7, 11) is 0. The zero-order valence-electron chi connectivity index (χ0n) is 10.5. The van der Waals surface area contributed by atoms with Crippen LogP contribution in [0.2, 0.25) is 0 Å². The Morgan fingerprint density at radius 2 is 2.12 bits per heavy atom. The molecule has 1 aliphatic carbocycles. The highest BCUT2D eigenvalue weighted by molar-refractivity contribution is 5.88. The highest BCUT2D eigenvalue weighted by atomic mass is 16.5. The lowest BCUT2D eigenvalue weighted by molar-refractivity contribution is -0.138. The Hall–Kier alpha value is -0.830. The molecule has 1 N–H and O–H groups in total. The SMILES string of the molecule is C=C(CNCC1(CC)CCC1)C(=O)OCC. The van der Waals surface area contributed by atoms with E-state index in [1.54, 1.807) is 6.92 Å². The van der Waals surface area contributed by atoms with E-state index in [0.717, 1.165) is 6.54 Å². The summed E-state index contributed by atoms with van der Waals surface area (Å²) in [6, 6.07) is 0. The summed E-state index contributed by atoms with van der Waals surface area (Å²) in [6.07, 6.45) is 5.17. The van der Waals surface area contributed by atoms with Crippen molar-refractivity contribution >= 4 is 5.97 Å². The molecule has 0 saturated heterocycles. The van der Waals surface area contributed by atoms with Crippen LogP contribution < -0.4 is 5.32 Å². The molecule has 0 amide bonds. The van der Waals surface area contributed by atoms with Gasteiger partial charge in [0.05, 0.1) is 6.61 Å². The molecule has 1 rings (SSSR count). The van der Waals surface area contributed by atoms with Gasteiger partial charge in [0.15, 0.2) is 0 Å². The van der Waals surface area contributed by atoms with Crippen LogP contribution >= 0.6 is 0 Å². The Bertz CT molecular complexity index is 251. The van der Waals surface area contributed by atoms with Gasteiger partial charge in [-0.2, -0.15) is 0 Å². The van der Waals surface area contributed by atoms with E-state index in [1.807, 2.05) is 0 Å². The molecule has 0 spiro atoms. The number of rotatable bonds is 7. The molecular weight excluding hydrogens is 202 g/mol. The van der Waals surface area contributed by atoms with Crippen LogP contribution in [0.1, 0.15) is 39.5 Å². The summed E-state index contributed by atoms with van der Waals surface area (Å²) >= 11 is 0. The zero-order chi connectivity index (χ0) is 12.0. The van der Waals surface area contributed by atoms with Crippen molar-refractivity contribution in [2.24, 2.45) is 5.41 Å². The number of nitrogens with one attached hydrogen (secondary N) is 1. The van der Waals surface area contributed by atoms with Gasteiger partial charge < -0.3 is 10.1 Å². The molecule has 1 aliphatic rings. The minimum Gasteiger partial charge on any atom is -0.463 e. The van der Waals surface area contributed by atoms with Gasteiger partial charge in [-0.05, 0) is 31.6 Å². The van der Waals surface area contributed by atoms with Crippen LogP contribution in [0, 0.1) is 5.41 Å². The van der Waals surface area contributed by atoms with Gasteiger partial charge in [-0.25, -0.2) is 4.79 Å². The average molecular weight is 225 g/mol. The number of ether oxygens (including phenoxy) is 1. The van der Waals surface area contributed by atoms with Crippen LogP contribution in [0.4, 0.5) is 0 Å². The first-order valence-corrected chi connectivity index (χ1v) is 6.19. The maximum atomic E-state index is 11.3. The Labute approximate surface area is 98.2 Å². The lowest BCUT2D eigenvalue weighted by Gasteiger charge is -2.41. The molecule has 0 aromatic rings. The molecule has 0 heterocycles. The van der Waals surface area contributed by atoms with E-state index in [9.17, 15) is 4.79 Å². The molecule has 3 nitrogen and oxygen atoms in total. The van der Waals surface area contributed by atoms with E-state index >= 15 is 0 Å². The molecule has 1 fully saturated rings. The largest absolute Gasteiger partial charge is 0.463 e. The van der Waals surface area contributed by atoms with Crippen molar-refractivity contribution in [3.05, 3.63) is 12.2 Å². The second kappa shape index (κ2) is 6.04. The van der Waals surface area contributed by atoms with Crippen molar-refractivity contribution < 1.29 is 9.53 Å². The molecule has 92 valence electrons. The second-order valence-corrected chi connectivity index (χ2v) is 4.63. The van der Waals surface area contributed by atoms with Crippen LogP contribution in [0.3, 0.4) is 0 Å². The number of carbonyl (C=O) groups excluding carboxylic acids is 1. The molecule has 3 heteroatoms. The van der Waals surface area contributed by atoms with Crippen molar-refractivity contribution in [3.8, 4) is 0 Å². The molecule has 0 unspecified atom stereocenters. The molecule has 0 atom stereocenters. The van der Waals surface area contributed by atoms with Crippen LogP contribution in [0.25, 0.3) is 0 Å². The first kappa shape index (κ1) is 13.2. The van der Waals surface area contributed by atoms with E-state index in [-0.39, 0.29) is 5.97 Å². The van der Waals surface area contributed by atoms with Crippen molar-refractivity contribution in [2.45, 2.75) is 39.5 Å². The van der Waals surface area contributed by atoms with E-state index in [4.69, 9.17) is 4.74 Å². The molecule has 0 bridgehead atoms. The van der Waals surface area contributed by atoms with Gasteiger partial charge >= 0.3 is 5.97 Å². The number of esters is 1. The minimum atomic E-state index is -0.283. The fourth-order valence-corrected chi connectivity index (χ4v) is 2.12. The summed E-state index contributed by atoms with van der Waals surface area (Å²) in [6.45, 7) is 9.71. The monoisotopic (exact) mass is 225 g/mol. The maximum absolute atomic E-state index is 11.3. The highest BCUT2D eigenvalue weighted by Crippen LogP contribution is 2.42. The van der Waals surface area contributed by atoms with Crippen molar-refractivity contribution in [1.82, 2.24) is 5.32 Å². The lowest BCUT2D eigenvalue weighted by atomic mass is 9.67. The fraction of sp³-hybridized carbons (Fsp3) is 0.769. The van der Waals surface area contributed by atoms with Crippen LogP contribution in [0.15, 0.2) is 12.2 Å². The smallest absolute Gasteiger partial charge is 0.334 e. The topological polar surface area (TPSA) is 38.3 Å². The quantitative estimate of drug-likeness (QED) is 0.533. The second-order valence-electron chi connectivity index (χ2n) is 4.63. The molecule has 16 heavy (non-hydrogen) atoms. The zero-order valence-corrected chi connectivity index (χ0v) is 10.5. The fourth-order valence-electron chi connectivity index (χ4n) is 2.12. The normalized spacial score (nSPS) is 17.6. The number of hydrogen-bond acceptors (Lipinski definition) is 3. The Morgan fingerprint density at radius 1 is 1.44 bits per heavy atom. The molecule has 1 saturated carbocycles. The van der Waals surface area contributed by atoms with Gasteiger partial charge in [-0.1, -0.05) is 19.9 Å². The molecule has 0 radical (unpaired) electrons. The van der Waals surface area contributed by atoms with Gasteiger partial charge in [-0.3, -0.25) is 0 Å². The maximum Gasteiger partial charge on any atom is 0.334 e. The minimum absolute atomic E-state index is 0.283. The van der Waals surface area contributed by atoms with E-state index < -0.39 is 0 Å². The third kappa shape index (κ3) is 3.34. The Kier molecular flexibility index (Phi) is 5.00. The molecular formula is C13H23NO2. The van der Waals surface area contributed by atoms with Gasteiger partial charge in [-0.15, -0.1) is 0 Å². The van der Waals surface area contributed by atoms with Crippen molar-refractivity contribution in [3.63, 3.8) is 0 Å². The van der Waals surface area contributed by atoms with Crippen LogP contribution in [-0.4, -0.2) is 25.7 Å². The standard InChI is InChI=1S/C13H23NO2/c1-4-13(7-6-8-13)10-14-9-11(3)12(15)16-5-2/h14H,3-10H2,1-2H3.